The minimum absolute atomic E-state index is 0.0864. The molecule has 0 bridgehead atoms. The van der Waals surface area contributed by atoms with Gasteiger partial charge in [-0.25, -0.2) is 4.98 Å². The number of hydrogen-bond acceptors (Lipinski definition) is 2. The van der Waals surface area contributed by atoms with Gasteiger partial charge in [0, 0.05) is 29.1 Å². The topological polar surface area (TPSA) is 33.2 Å². The van der Waals surface area contributed by atoms with Gasteiger partial charge in [-0.3, -0.25) is 4.79 Å². The van der Waals surface area contributed by atoms with Crippen molar-refractivity contribution in [1.82, 2.24) is 9.88 Å². The van der Waals surface area contributed by atoms with Gasteiger partial charge in [-0.1, -0.05) is 60.2 Å². The van der Waals surface area contributed by atoms with Crippen LogP contribution >= 0.6 is 11.6 Å². The Hall–Kier alpha value is -2.91. The third-order valence-electron chi connectivity index (χ3n) is 4.08. The lowest BCUT2D eigenvalue weighted by Crippen LogP contribution is -2.31. The largest absolute Gasteiger partial charge is 0.331 e. The van der Waals surface area contributed by atoms with Crippen molar-refractivity contribution in [3.05, 3.63) is 90.5 Å². The predicted octanol–water partition coefficient (Wildman–Crippen LogP) is 5.37. The van der Waals surface area contributed by atoms with E-state index in [2.05, 4.69) is 13.2 Å². The van der Waals surface area contributed by atoms with Crippen molar-refractivity contribution in [2.24, 2.45) is 0 Å². The van der Waals surface area contributed by atoms with Crippen LogP contribution in [0.5, 0.6) is 0 Å². The maximum absolute atomic E-state index is 13.2. The van der Waals surface area contributed by atoms with Gasteiger partial charge in [0.15, 0.2) is 0 Å². The molecular weight excluding hydrogens is 344 g/mol. The Labute approximate surface area is 158 Å². The molecule has 0 radical (unpaired) electrons. The summed E-state index contributed by atoms with van der Waals surface area (Å²) < 4.78 is 0. The number of nitrogens with zero attached hydrogens (tertiary/aromatic N) is 2. The van der Waals surface area contributed by atoms with E-state index >= 15 is 0 Å². The molecule has 0 aliphatic carbocycles. The Morgan fingerprint density at radius 1 is 1.04 bits per heavy atom. The van der Waals surface area contributed by atoms with E-state index in [1.807, 2.05) is 54.6 Å². The van der Waals surface area contributed by atoms with Crippen LogP contribution in [-0.4, -0.2) is 28.9 Å². The lowest BCUT2D eigenvalue weighted by molar-refractivity contribution is 0.0793. The number of rotatable bonds is 6. The summed E-state index contributed by atoms with van der Waals surface area (Å²) in [5.41, 5.74) is 2.82. The van der Waals surface area contributed by atoms with Gasteiger partial charge >= 0.3 is 0 Å². The Balaban J connectivity index is 2.20. The Morgan fingerprint density at radius 2 is 1.69 bits per heavy atom. The van der Waals surface area contributed by atoms with Gasteiger partial charge in [0.05, 0.1) is 16.8 Å². The number of hydrogen-bond donors (Lipinski definition) is 0. The molecule has 1 aromatic heterocycles. The van der Waals surface area contributed by atoms with Crippen LogP contribution in [0, 0.1) is 0 Å². The number of carbonyl (C=O) groups is 1. The zero-order valence-corrected chi connectivity index (χ0v) is 15.1. The summed E-state index contributed by atoms with van der Waals surface area (Å²) in [5.74, 6) is -0.0864. The molecule has 130 valence electrons. The molecule has 0 saturated heterocycles. The highest BCUT2D eigenvalue weighted by molar-refractivity contribution is 6.33. The number of aromatic nitrogens is 1. The standard InChI is InChI=1S/C22H19ClN2O/c1-3-13-25(14-4-2)22(26)18-15-21(17-10-5-7-11-19(17)23)24-20-12-8-6-9-16(18)20/h3-12,15H,1-2,13-14H2. The summed E-state index contributed by atoms with van der Waals surface area (Å²) >= 11 is 6.34. The summed E-state index contributed by atoms with van der Waals surface area (Å²) in [6.07, 6.45) is 3.42. The van der Waals surface area contributed by atoms with Gasteiger partial charge in [0.1, 0.15) is 0 Å². The van der Waals surface area contributed by atoms with Gasteiger partial charge < -0.3 is 4.90 Å². The zero-order chi connectivity index (χ0) is 18.5. The van der Waals surface area contributed by atoms with Gasteiger partial charge in [-0.15, -0.1) is 13.2 Å². The maximum atomic E-state index is 13.2. The van der Waals surface area contributed by atoms with Gasteiger partial charge in [-0.2, -0.15) is 0 Å². The minimum Gasteiger partial charge on any atom is -0.331 e. The average molecular weight is 363 g/mol. The van der Waals surface area contributed by atoms with Gasteiger partial charge in [-0.05, 0) is 18.2 Å². The predicted molar refractivity (Wildman–Crippen MR) is 108 cm³/mol. The first-order valence-electron chi connectivity index (χ1n) is 8.31. The molecule has 1 heterocycles. The number of pyridine rings is 1. The van der Waals surface area contributed by atoms with E-state index in [-0.39, 0.29) is 5.91 Å². The fourth-order valence-corrected chi connectivity index (χ4v) is 3.11. The van der Waals surface area contributed by atoms with E-state index < -0.39 is 0 Å². The highest BCUT2D eigenvalue weighted by Crippen LogP contribution is 2.30. The number of para-hydroxylation sites is 1. The van der Waals surface area contributed by atoms with Crippen molar-refractivity contribution in [2.45, 2.75) is 0 Å². The molecule has 3 aromatic rings. The third-order valence-corrected chi connectivity index (χ3v) is 4.41. The van der Waals surface area contributed by atoms with E-state index in [1.165, 1.54) is 0 Å². The van der Waals surface area contributed by atoms with Crippen LogP contribution in [0.15, 0.2) is 79.9 Å². The molecule has 0 unspecified atom stereocenters. The van der Waals surface area contributed by atoms with Crippen LogP contribution < -0.4 is 0 Å². The molecule has 0 fully saturated rings. The van der Waals surface area contributed by atoms with E-state index in [9.17, 15) is 4.79 Å². The highest BCUT2D eigenvalue weighted by atomic mass is 35.5. The lowest BCUT2D eigenvalue weighted by atomic mass is 10.0. The molecule has 0 aliphatic heterocycles. The van der Waals surface area contributed by atoms with Crippen LogP contribution in [0.1, 0.15) is 10.4 Å². The fraction of sp³-hybridized carbons (Fsp3) is 0.0909. The molecule has 2 aromatic carbocycles. The highest BCUT2D eigenvalue weighted by Gasteiger charge is 2.19. The Kier molecular flexibility index (Phi) is 5.49. The number of carbonyl (C=O) groups excluding carboxylic acids is 1. The van der Waals surface area contributed by atoms with Crippen molar-refractivity contribution in [2.75, 3.05) is 13.1 Å². The Bertz CT molecular complexity index is 971. The molecule has 3 rings (SSSR count). The van der Waals surface area contributed by atoms with Crippen LogP contribution in [0.2, 0.25) is 5.02 Å². The SMILES string of the molecule is C=CCN(CC=C)C(=O)c1cc(-c2ccccc2Cl)nc2ccccc12. The number of halogens is 1. The normalized spacial score (nSPS) is 10.5. The molecule has 0 spiro atoms. The van der Waals surface area contributed by atoms with Crippen LogP contribution in [0.25, 0.3) is 22.2 Å². The van der Waals surface area contributed by atoms with Crippen molar-refractivity contribution < 1.29 is 4.79 Å². The first-order valence-corrected chi connectivity index (χ1v) is 8.69. The van der Waals surface area contributed by atoms with Crippen molar-refractivity contribution in [3.63, 3.8) is 0 Å². The van der Waals surface area contributed by atoms with Crippen molar-refractivity contribution >= 4 is 28.4 Å². The third kappa shape index (κ3) is 3.53. The fourth-order valence-electron chi connectivity index (χ4n) is 2.88. The van der Waals surface area contributed by atoms with E-state index in [0.717, 1.165) is 16.5 Å². The summed E-state index contributed by atoms with van der Waals surface area (Å²) in [6, 6.07) is 16.9. The number of amides is 1. The molecule has 3 nitrogen and oxygen atoms in total. The molecule has 0 atom stereocenters. The summed E-state index contributed by atoms with van der Waals surface area (Å²) in [4.78, 5) is 19.6. The molecule has 4 heteroatoms. The summed E-state index contributed by atoms with van der Waals surface area (Å²) in [5, 5.41) is 1.41. The molecule has 1 amide bonds. The molecule has 0 saturated carbocycles. The molecular formula is C22H19ClN2O. The van der Waals surface area contributed by atoms with E-state index in [1.54, 1.807) is 17.1 Å². The monoisotopic (exact) mass is 362 g/mol. The minimum atomic E-state index is -0.0864. The van der Waals surface area contributed by atoms with Gasteiger partial charge in [0.2, 0.25) is 0 Å². The van der Waals surface area contributed by atoms with Gasteiger partial charge in [0.25, 0.3) is 5.91 Å². The van der Waals surface area contributed by atoms with Crippen LogP contribution in [-0.2, 0) is 0 Å². The van der Waals surface area contributed by atoms with E-state index in [0.29, 0.717) is 29.4 Å². The summed E-state index contributed by atoms with van der Waals surface area (Å²) in [6.45, 7) is 8.37. The number of benzene rings is 2. The average Bonchev–Trinajstić information content (AvgIpc) is 2.67. The maximum Gasteiger partial charge on any atom is 0.255 e. The Morgan fingerprint density at radius 3 is 2.38 bits per heavy atom. The quantitative estimate of drug-likeness (QED) is 0.552. The molecule has 0 N–H and O–H groups in total. The lowest BCUT2D eigenvalue weighted by Gasteiger charge is -2.20. The van der Waals surface area contributed by atoms with Crippen LogP contribution in [0.4, 0.5) is 0 Å². The second-order valence-corrected chi connectivity index (χ2v) is 6.25. The van der Waals surface area contributed by atoms with Crippen molar-refractivity contribution in [1.29, 1.82) is 0 Å². The first kappa shape index (κ1) is 17.9. The molecule has 26 heavy (non-hydrogen) atoms. The van der Waals surface area contributed by atoms with E-state index in [4.69, 9.17) is 16.6 Å². The zero-order valence-electron chi connectivity index (χ0n) is 14.4. The molecule has 0 aliphatic rings. The van der Waals surface area contributed by atoms with Crippen LogP contribution in [0.3, 0.4) is 0 Å². The van der Waals surface area contributed by atoms with Crippen molar-refractivity contribution in [3.8, 4) is 11.3 Å². The number of fused-ring (bicyclic) bond motifs is 1. The second kappa shape index (κ2) is 7.98. The smallest absolute Gasteiger partial charge is 0.255 e. The summed E-state index contributed by atoms with van der Waals surface area (Å²) in [7, 11) is 0. The second-order valence-electron chi connectivity index (χ2n) is 5.84. The first-order chi connectivity index (χ1) is 12.7.